The van der Waals surface area contributed by atoms with E-state index in [1.165, 1.54) is 7.11 Å². The highest BCUT2D eigenvalue weighted by molar-refractivity contribution is 7.99. The van der Waals surface area contributed by atoms with Crippen molar-refractivity contribution in [3.63, 3.8) is 0 Å². The number of nitrogen functional groups attached to an aromatic ring is 1. The first-order valence-electron chi connectivity index (χ1n) is 4.30. The summed E-state index contributed by atoms with van der Waals surface area (Å²) >= 11 is 1.61. The molecule has 1 aromatic carbocycles. The maximum Gasteiger partial charge on any atom is 0.339 e. The zero-order chi connectivity index (χ0) is 10.6. The maximum absolute atomic E-state index is 11.3. The first kappa shape index (κ1) is 10.9. The van der Waals surface area contributed by atoms with E-state index in [1.807, 2.05) is 13.0 Å². The van der Waals surface area contributed by atoms with Gasteiger partial charge >= 0.3 is 5.97 Å². The highest BCUT2D eigenvalue weighted by Crippen LogP contribution is 2.27. The Balaban J connectivity index is 3.07. The smallest absolute Gasteiger partial charge is 0.339 e. The molecule has 0 amide bonds. The molecule has 0 atom stereocenters. The zero-order valence-electron chi connectivity index (χ0n) is 8.24. The third kappa shape index (κ3) is 2.20. The minimum atomic E-state index is -0.388. The molecule has 2 N–H and O–H groups in total. The van der Waals surface area contributed by atoms with Crippen molar-refractivity contribution in [2.24, 2.45) is 0 Å². The summed E-state index contributed by atoms with van der Waals surface area (Å²) in [6.07, 6.45) is 0. The molecule has 0 aromatic heterocycles. The topological polar surface area (TPSA) is 52.3 Å². The van der Waals surface area contributed by atoms with Crippen LogP contribution in [-0.2, 0) is 4.74 Å². The SMILES string of the molecule is CCSc1cccc(C(=O)OC)c1N. The van der Waals surface area contributed by atoms with Gasteiger partial charge in [-0.25, -0.2) is 4.79 Å². The minimum Gasteiger partial charge on any atom is -0.465 e. The van der Waals surface area contributed by atoms with Crippen molar-refractivity contribution >= 4 is 23.4 Å². The molecule has 3 nitrogen and oxygen atoms in total. The number of ether oxygens (including phenoxy) is 1. The number of carbonyl (C=O) groups excluding carboxylic acids is 1. The number of rotatable bonds is 3. The fourth-order valence-corrected chi connectivity index (χ4v) is 1.86. The van der Waals surface area contributed by atoms with Crippen molar-refractivity contribution in [1.29, 1.82) is 0 Å². The Hall–Kier alpha value is -1.16. The summed E-state index contributed by atoms with van der Waals surface area (Å²) in [5, 5.41) is 0. The number of benzene rings is 1. The summed E-state index contributed by atoms with van der Waals surface area (Å²) in [7, 11) is 1.35. The van der Waals surface area contributed by atoms with Crippen molar-refractivity contribution < 1.29 is 9.53 Å². The number of nitrogens with two attached hydrogens (primary N) is 1. The Bertz CT molecular complexity index is 339. The number of carbonyl (C=O) groups is 1. The molecule has 76 valence electrons. The van der Waals surface area contributed by atoms with Crippen LogP contribution in [0.5, 0.6) is 0 Å². The van der Waals surface area contributed by atoms with Gasteiger partial charge in [-0.2, -0.15) is 0 Å². The van der Waals surface area contributed by atoms with Gasteiger partial charge in [0.1, 0.15) is 0 Å². The van der Waals surface area contributed by atoms with E-state index in [0.29, 0.717) is 11.3 Å². The summed E-state index contributed by atoms with van der Waals surface area (Å²) in [4.78, 5) is 12.2. The first-order chi connectivity index (χ1) is 6.70. The van der Waals surface area contributed by atoms with Gasteiger partial charge in [0, 0.05) is 4.90 Å². The average molecular weight is 211 g/mol. The van der Waals surface area contributed by atoms with Crippen LogP contribution in [0, 0.1) is 0 Å². The number of para-hydroxylation sites is 1. The summed E-state index contributed by atoms with van der Waals surface area (Å²) in [5.74, 6) is 0.538. The summed E-state index contributed by atoms with van der Waals surface area (Å²) in [6, 6.07) is 5.37. The number of esters is 1. The molecule has 0 bridgehead atoms. The number of hydrogen-bond acceptors (Lipinski definition) is 4. The fraction of sp³-hybridized carbons (Fsp3) is 0.300. The van der Waals surface area contributed by atoms with Gasteiger partial charge in [0.25, 0.3) is 0 Å². The molecule has 0 saturated carbocycles. The van der Waals surface area contributed by atoms with Gasteiger partial charge in [-0.15, -0.1) is 11.8 Å². The fourth-order valence-electron chi connectivity index (χ4n) is 1.11. The molecule has 4 heteroatoms. The van der Waals surface area contributed by atoms with E-state index in [0.717, 1.165) is 10.6 Å². The molecule has 0 radical (unpaired) electrons. The average Bonchev–Trinajstić information content (AvgIpc) is 2.20. The quantitative estimate of drug-likeness (QED) is 0.473. The molecular weight excluding hydrogens is 198 g/mol. The van der Waals surface area contributed by atoms with Crippen molar-refractivity contribution in [3.8, 4) is 0 Å². The molecule has 0 spiro atoms. The van der Waals surface area contributed by atoms with E-state index < -0.39 is 0 Å². The van der Waals surface area contributed by atoms with Gasteiger partial charge in [-0.05, 0) is 17.9 Å². The second kappa shape index (κ2) is 4.91. The monoisotopic (exact) mass is 211 g/mol. The number of hydrogen-bond donors (Lipinski definition) is 1. The molecule has 0 saturated heterocycles. The van der Waals surface area contributed by atoms with Gasteiger partial charge < -0.3 is 10.5 Å². The Morgan fingerprint density at radius 1 is 1.57 bits per heavy atom. The van der Waals surface area contributed by atoms with Crippen LogP contribution in [0.15, 0.2) is 23.1 Å². The molecular formula is C10H13NO2S. The molecule has 0 aliphatic carbocycles. The lowest BCUT2D eigenvalue weighted by Crippen LogP contribution is -2.06. The number of thioether (sulfide) groups is 1. The summed E-state index contributed by atoms with van der Waals surface area (Å²) < 4.78 is 4.62. The predicted molar refractivity (Wildman–Crippen MR) is 58.6 cm³/mol. The van der Waals surface area contributed by atoms with Crippen molar-refractivity contribution in [2.45, 2.75) is 11.8 Å². The Kier molecular flexibility index (Phi) is 3.83. The predicted octanol–water partition coefficient (Wildman–Crippen LogP) is 2.17. The maximum atomic E-state index is 11.3. The lowest BCUT2D eigenvalue weighted by Gasteiger charge is -2.07. The largest absolute Gasteiger partial charge is 0.465 e. The molecule has 0 fully saturated rings. The van der Waals surface area contributed by atoms with Crippen LogP contribution in [0.25, 0.3) is 0 Å². The molecule has 1 aromatic rings. The third-order valence-electron chi connectivity index (χ3n) is 1.77. The molecule has 0 heterocycles. The van der Waals surface area contributed by atoms with Crippen LogP contribution in [0.4, 0.5) is 5.69 Å². The highest BCUT2D eigenvalue weighted by atomic mass is 32.2. The van der Waals surface area contributed by atoms with Gasteiger partial charge in [-0.3, -0.25) is 0 Å². The molecule has 1 rings (SSSR count). The Labute approximate surface area is 87.6 Å². The van der Waals surface area contributed by atoms with E-state index in [2.05, 4.69) is 4.74 Å². The van der Waals surface area contributed by atoms with Gasteiger partial charge in [0.15, 0.2) is 0 Å². The first-order valence-corrected chi connectivity index (χ1v) is 5.28. The van der Waals surface area contributed by atoms with E-state index in [9.17, 15) is 4.79 Å². The molecule has 14 heavy (non-hydrogen) atoms. The van der Waals surface area contributed by atoms with Crippen LogP contribution in [0.3, 0.4) is 0 Å². The third-order valence-corrected chi connectivity index (χ3v) is 2.73. The van der Waals surface area contributed by atoms with Crippen molar-refractivity contribution in [3.05, 3.63) is 23.8 Å². The zero-order valence-corrected chi connectivity index (χ0v) is 9.06. The normalized spacial score (nSPS) is 9.86. The van der Waals surface area contributed by atoms with E-state index in [4.69, 9.17) is 5.73 Å². The lowest BCUT2D eigenvalue weighted by atomic mass is 10.2. The van der Waals surface area contributed by atoms with Gasteiger partial charge in [0.2, 0.25) is 0 Å². The standard InChI is InChI=1S/C10H13NO2S/c1-3-14-8-6-4-5-7(9(8)11)10(12)13-2/h4-6H,3,11H2,1-2H3. The minimum absolute atomic E-state index is 0.388. The van der Waals surface area contributed by atoms with E-state index >= 15 is 0 Å². The molecule has 0 aliphatic rings. The summed E-state index contributed by atoms with van der Waals surface area (Å²) in [5.41, 5.74) is 6.77. The Morgan fingerprint density at radius 2 is 2.29 bits per heavy atom. The number of methoxy groups -OCH3 is 1. The number of anilines is 1. The van der Waals surface area contributed by atoms with Crippen LogP contribution < -0.4 is 5.73 Å². The van der Waals surface area contributed by atoms with E-state index in [1.54, 1.807) is 23.9 Å². The summed E-state index contributed by atoms with van der Waals surface area (Å²) in [6.45, 7) is 2.04. The molecule has 0 aliphatic heterocycles. The van der Waals surface area contributed by atoms with Gasteiger partial charge in [0.05, 0.1) is 18.4 Å². The highest BCUT2D eigenvalue weighted by Gasteiger charge is 2.11. The van der Waals surface area contributed by atoms with Crippen LogP contribution >= 0.6 is 11.8 Å². The second-order valence-electron chi connectivity index (χ2n) is 2.64. The van der Waals surface area contributed by atoms with Crippen molar-refractivity contribution in [2.75, 3.05) is 18.6 Å². The molecule has 0 unspecified atom stereocenters. The second-order valence-corrected chi connectivity index (χ2v) is 3.95. The Morgan fingerprint density at radius 3 is 2.86 bits per heavy atom. The van der Waals surface area contributed by atoms with E-state index in [-0.39, 0.29) is 5.97 Å². The van der Waals surface area contributed by atoms with Crippen LogP contribution in [-0.4, -0.2) is 18.8 Å². The van der Waals surface area contributed by atoms with Crippen LogP contribution in [0.1, 0.15) is 17.3 Å². The van der Waals surface area contributed by atoms with Gasteiger partial charge in [-0.1, -0.05) is 13.0 Å². The lowest BCUT2D eigenvalue weighted by molar-refractivity contribution is 0.0601. The van der Waals surface area contributed by atoms with Crippen molar-refractivity contribution in [1.82, 2.24) is 0 Å². The van der Waals surface area contributed by atoms with Crippen LogP contribution in [0.2, 0.25) is 0 Å².